The van der Waals surface area contributed by atoms with Gasteiger partial charge in [0.15, 0.2) is 0 Å². The molecule has 0 saturated heterocycles. The van der Waals surface area contributed by atoms with Gasteiger partial charge in [-0.15, -0.1) is 0 Å². The van der Waals surface area contributed by atoms with E-state index in [0.29, 0.717) is 0 Å². The third-order valence-corrected chi connectivity index (χ3v) is 1.74. The minimum absolute atomic E-state index is 0.418. The van der Waals surface area contributed by atoms with Gasteiger partial charge in [0.25, 0.3) is 0 Å². The van der Waals surface area contributed by atoms with E-state index in [1.54, 1.807) is 12.2 Å². The predicted octanol–water partition coefficient (Wildman–Crippen LogP) is 3.17. The molecule has 3 heteroatoms. The summed E-state index contributed by atoms with van der Waals surface area (Å²) in [5.74, 6) is -0.489. The topological polar surface area (TPSA) is 35.5 Å². The molecule has 0 fully saturated rings. The van der Waals surface area contributed by atoms with Crippen LogP contribution in [0.15, 0.2) is 24.3 Å². The van der Waals surface area contributed by atoms with Crippen LogP contribution in [0.1, 0.15) is 40.5 Å². The van der Waals surface area contributed by atoms with Gasteiger partial charge in [-0.25, -0.2) is 4.79 Å². The first-order valence-corrected chi connectivity index (χ1v) is 5.21. The molecule has 0 aliphatic heterocycles. The van der Waals surface area contributed by atoms with Gasteiger partial charge in [-0.1, -0.05) is 31.6 Å². The van der Waals surface area contributed by atoms with E-state index in [9.17, 15) is 4.79 Å². The van der Waals surface area contributed by atoms with Crippen LogP contribution in [0, 0.1) is 0 Å². The normalized spacial score (nSPS) is 12.5. The van der Waals surface area contributed by atoms with Gasteiger partial charge in [0.1, 0.15) is 5.60 Å². The Labute approximate surface area is 91.7 Å². The van der Waals surface area contributed by atoms with E-state index in [1.165, 1.54) is 6.08 Å². The second-order valence-electron chi connectivity index (χ2n) is 3.88. The molecule has 0 heterocycles. The predicted molar refractivity (Wildman–Crippen MR) is 60.1 cm³/mol. The van der Waals surface area contributed by atoms with Crippen LogP contribution in [-0.2, 0) is 14.6 Å². The summed E-state index contributed by atoms with van der Waals surface area (Å²) in [5, 5.41) is 0. The first-order chi connectivity index (χ1) is 7.02. The molecule has 0 saturated carbocycles. The van der Waals surface area contributed by atoms with E-state index in [0.717, 1.165) is 12.8 Å². The highest BCUT2D eigenvalue weighted by Crippen LogP contribution is 2.16. The molecule has 0 aromatic heterocycles. The van der Waals surface area contributed by atoms with Gasteiger partial charge in [0.05, 0.1) is 0 Å². The van der Waals surface area contributed by atoms with Crippen LogP contribution in [0.4, 0.5) is 0 Å². The van der Waals surface area contributed by atoms with Crippen LogP contribution in [0.3, 0.4) is 0 Å². The van der Waals surface area contributed by atoms with Crippen LogP contribution in [-0.4, -0.2) is 11.6 Å². The van der Waals surface area contributed by atoms with Crippen molar-refractivity contribution in [2.45, 2.75) is 46.1 Å². The van der Waals surface area contributed by atoms with Crippen LogP contribution in [0.2, 0.25) is 0 Å². The molecule has 0 aromatic rings. The van der Waals surface area contributed by atoms with Crippen molar-refractivity contribution in [2.75, 3.05) is 0 Å². The second kappa shape index (κ2) is 7.23. The largest absolute Gasteiger partial charge is 0.365 e. The Balaban J connectivity index is 3.89. The third kappa shape index (κ3) is 7.94. The molecule has 0 amide bonds. The Hall–Kier alpha value is -1.09. The lowest BCUT2D eigenvalue weighted by Crippen LogP contribution is -2.25. The summed E-state index contributed by atoms with van der Waals surface area (Å²) in [5.41, 5.74) is -0.418. The fourth-order valence-corrected chi connectivity index (χ4v) is 1.07. The van der Waals surface area contributed by atoms with Gasteiger partial charge in [-0.05, 0) is 27.2 Å². The number of hydrogen-bond acceptors (Lipinski definition) is 3. The van der Waals surface area contributed by atoms with Crippen molar-refractivity contribution in [1.29, 1.82) is 0 Å². The van der Waals surface area contributed by atoms with Crippen LogP contribution in [0.5, 0.6) is 0 Å². The zero-order valence-electron chi connectivity index (χ0n) is 9.95. The van der Waals surface area contributed by atoms with Crippen molar-refractivity contribution in [2.24, 2.45) is 0 Å². The summed E-state index contributed by atoms with van der Waals surface area (Å²) in [6.45, 7) is 7.70. The monoisotopic (exact) mass is 212 g/mol. The molecule has 3 nitrogen and oxygen atoms in total. The molecule has 0 spiro atoms. The Morgan fingerprint density at radius 1 is 1.33 bits per heavy atom. The van der Waals surface area contributed by atoms with Crippen molar-refractivity contribution >= 4 is 5.97 Å². The van der Waals surface area contributed by atoms with Gasteiger partial charge < -0.3 is 0 Å². The van der Waals surface area contributed by atoms with Crippen molar-refractivity contribution in [3.05, 3.63) is 24.3 Å². The van der Waals surface area contributed by atoms with Crippen LogP contribution < -0.4 is 0 Å². The lowest BCUT2D eigenvalue weighted by atomic mass is 10.0. The molecule has 0 radical (unpaired) electrons. The average Bonchev–Trinajstić information content (AvgIpc) is 2.15. The van der Waals surface area contributed by atoms with E-state index in [-0.39, 0.29) is 0 Å². The summed E-state index contributed by atoms with van der Waals surface area (Å²) >= 11 is 0. The van der Waals surface area contributed by atoms with E-state index < -0.39 is 11.6 Å². The van der Waals surface area contributed by atoms with Crippen molar-refractivity contribution < 1.29 is 14.6 Å². The average molecular weight is 212 g/mol. The SMILES string of the molecule is C/C=C/C=C/C(=O)OOC(C)(C)CCC. The third-order valence-electron chi connectivity index (χ3n) is 1.74. The van der Waals surface area contributed by atoms with Crippen molar-refractivity contribution in [3.63, 3.8) is 0 Å². The van der Waals surface area contributed by atoms with Crippen LogP contribution >= 0.6 is 0 Å². The van der Waals surface area contributed by atoms with E-state index in [2.05, 4.69) is 11.8 Å². The summed E-state index contributed by atoms with van der Waals surface area (Å²) in [6.07, 6.45) is 8.34. The number of carbonyl (C=O) groups excluding carboxylic acids is 1. The maximum atomic E-state index is 11.1. The van der Waals surface area contributed by atoms with Crippen LogP contribution in [0.25, 0.3) is 0 Å². The molecule has 0 aliphatic carbocycles. The van der Waals surface area contributed by atoms with E-state index in [1.807, 2.05) is 26.8 Å². The summed E-state index contributed by atoms with van der Waals surface area (Å²) in [4.78, 5) is 20.8. The Kier molecular flexibility index (Phi) is 6.71. The molecule has 0 rings (SSSR count). The Morgan fingerprint density at radius 2 is 2.00 bits per heavy atom. The Bertz CT molecular complexity index is 239. The fraction of sp³-hybridized carbons (Fsp3) is 0.583. The van der Waals surface area contributed by atoms with Gasteiger partial charge >= 0.3 is 5.97 Å². The first kappa shape index (κ1) is 13.9. The first-order valence-electron chi connectivity index (χ1n) is 5.21. The quantitative estimate of drug-likeness (QED) is 0.293. The zero-order valence-corrected chi connectivity index (χ0v) is 9.95. The number of hydrogen-bond donors (Lipinski definition) is 0. The van der Waals surface area contributed by atoms with Crippen molar-refractivity contribution in [3.8, 4) is 0 Å². The summed E-state index contributed by atoms with van der Waals surface area (Å²) < 4.78 is 0. The number of allylic oxidation sites excluding steroid dienone is 3. The molecule has 86 valence electrons. The van der Waals surface area contributed by atoms with E-state index in [4.69, 9.17) is 4.89 Å². The number of rotatable bonds is 6. The summed E-state index contributed by atoms with van der Waals surface area (Å²) in [6, 6.07) is 0. The lowest BCUT2D eigenvalue weighted by Gasteiger charge is -2.21. The fourth-order valence-electron chi connectivity index (χ4n) is 1.07. The molecule has 15 heavy (non-hydrogen) atoms. The molecular formula is C12H20O3. The highest BCUT2D eigenvalue weighted by Gasteiger charge is 2.20. The van der Waals surface area contributed by atoms with E-state index >= 15 is 0 Å². The maximum Gasteiger partial charge on any atom is 0.365 e. The second-order valence-corrected chi connectivity index (χ2v) is 3.88. The standard InChI is InChI=1S/C12H20O3/c1-5-7-8-9-11(13)14-15-12(3,4)10-6-2/h5,7-9H,6,10H2,1-4H3/b7-5+,9-8+. The number of carbonyl (C=O) groups is 1. The van der Waals surface area contributed by atoms with Gasteiger partial charge in [-0.2, -0.15) is 4.89 Å². The maximum absolute atomic E-state index is 11.1. The molecule has 0 N–H and O–H groups in total. The lowest BCUT2D eigenvalue weighted by molar-refractivity contribution is -0.322. The highest BCUT2D eigenvalue weighted by atomic mass is 17.2. The molecule has 0 aromatic carbocycles. The smallest absolute Gasteiger partial charge is 0.293 e. The minimum atomic E-state index is -0.489. The molecule has 0 atom stereocenters. The van der Waals surface area contributed by atoms with Crippen molar-refractivity contribution in [1.82, 2.24) is 0 Å². The summed E-state index contributed by atoms with van der Waals surface area (Å²) in [7, 11) is 0. The van der Waals surface area contributed by atoms with Gasteiger partial charge in [-0.3, -0.25) is 4.89 Å². The molecular weight excluding hydrogens is 192 g/mol. The zero-order chi connectivity index (χ0) is 11.7. The van der Waals surface area contributed by atoms with Gasteiger partial charge in [0, 0.05) is 6.08 Å². The highest BCUT2D eigenvalue weighted by molar-refractivity contribution is 5.81. The molecule has 0 unspecified atom stereocenters. The minimum Gasteiger partial charge on any atom is -0.293 e. The van der Waals surface area contributed by atoms with Gasteiger partial charge in [0.2, 0.25) is 0 Å². The Morgan fingerprint density at radius 3 is 2.53 bits per heavy atom. The molecule has 0 bridgehead atoms. The molecule has 0 aliphatic rings.